The molecule has 106 valence electrons. The molecule has 1 heterocycles. The van der Waals surface area contributed by atoms with Crippen molar-refractivity contribution in [2.75, 3.05) is 20.1 Å². The van der Waals surface area contributed by atoms with Crippen LogP contribution in [-0.4, -0.2) is 31.0 Å². The largest absolute Gasteiger partial charge is 0.496 e. The summed E-state index contributed by atoms with van der Waals surface area (Å²) < 4.78 is 10.7. The maximum Gasteiger partial charge on any atom is 0.235 e. The van der Waals surface area contributed by atoms with E-state index < -0.39 is 0 Å². The molecule has 0 radical (unpaired) electrons. The SMILES string of the molecule is COc1ccc(OC)c2c(CNC(=O)CCl)nccc12. The van der Waals surface area contributed by atoms with E-state index >= 15 is 0 Å². The highest BCUT2D eigenvalue weighted by molar-refractivity contribution is 6.27. The number of hydrogen-bond acceptors (Lipinski definition) is 4. The van der Waals surface area contributed by atoms with Crippen molar-refractivity contribution in [2.45, 2.75) is 6.54 Å². The van der Waals surface area contributed by atoms with E-state index in [1.807, 2.05) is 18.2 Å². The van der Waals surface area contributed by atoms with Crippen LogP contribution in [0, 0.1) is 0 Å². The standard InChI is InChI=1S/C14H15ClN2O3/c1-19-11-3-4-12(20-2)14-9(11)5-6-16-10(14)8-17-13(18)7-15/h3-6H,7-8H2,1-2H3,(H,17,18). The molecular weight excluding hydrogens is 280 g/mol. The molecule has 2 rings (SSSR count). The summed E-state index contributed by atoms with van der Waals surface area (Å²) in [7, 11) is 3.20. The van der Waals surface area contributed by atoms with Crippen LogP contribution in [0.25, 0.3) is 10.8 Å². The third kappa shape index (κ3) is 2.77. The Morgan fingerprint density at radius 2 is 1.95 bits per heavy atom. The van der Waals surface area contributed by atoms with E-state index in [9.17, 15) is 4.79 Å². The molecule has 1 amide bonds. The van der Waals surface area contributed by atoms with Gasteiger partial charge in [-0.25, -0.2) is 0 Å². The van der Waals surface area contributed by atoms with Crippen molar-refractivity contribution in [3.8, 4) is 11.5 Å². The number of alkyl halides is 1. The quantitative estimate of drug-likeness (QED) is 0.858. The van der Waals surface area contributed by atoms with E-state index in [2.05, 4.69) is 10.3 Å². The first-order chi connectivity index (χ1) is 9.71. The third-order valence-corrected chi connectivity index (χ3v) is 3.18. The molecule has 20 heavy (non-hydrogen) atoms. The first kappa shape index (κ1) is 14.4. The molecule has 1 aromatic carbocycles. The number of aromatic nitrogens is 1. The number of ether oxygens (including phenoxy) is 2. The second kappa shape index (κ2) is 6.43. The number of hydrogen-bond donors (Lipinski definition) is 1. The highest BCUT2D eigenvalue weighted by atomic mass is 35.5. The number of benzene rings is 1. The summed E-state index contributed by atoms with van der Waals surface area (Å²) in [6.07, 6.45) is 1.67. The molecule has 0 saturated carbocycles. The van der Waals surface area contributed by atoms with Gasteiger partial charge in [0.05, 0.1) is 31.8 Å². The fraction of sp³-hybridized carbons (Fsp3) is 0.286. The lowest BCUT2D eigenvalue weighted by Crippen LogP contribution is -2.24. The second-order valence-corrected chi connectivity index (χ2v) is 4.33. The predicted molar refractivity (Wildman–Crippen MR) is 77.4 cm³/mol. The van der Waals surface area contributed by atoms with Crippen molar-refractivity contribution in [1.82, 2.24) is 10.3 Å². The minimum absolute atomic E-state index is 0.0782. The number of rotatable bonds is 5. The van der Waals surface area contributed by atoms with Gasteiger partial charge in [0.25, 0.3) is 0 Å². The molecule has 0 unspecified atom stereocenters. The molecule has 0 fully saturated rings. The summed E-state index contributed by atoms with van der Waals surface area (Å²) in [5.41, 5.74) is 0.705. The van der Waals surface area contributed by atoms with Crippen molar-refractivity contribution in [2.24, 2.45) is 0 Å². The van der Waals surface area contributed by atoms with E-state index in [1.165, 1.54) is 0 Å². The lowest BCUT2D eigenvalue weighted by molar-refractivity contribution is -0.118. The minimum Gasteiger partial charge on any atom is -0.496 e. The van der Waals surface area contributed by atoms with Gasteiger partial charge in [0.15, 0.2) is 0 Å². The van der Waals surface area contributed by atoms with Crippen LogP contribution in [0.5, 0.6) is 11.5 Å². The van der Waals surface area contributed by atoms with Crippen LogP contribution >= 0.6 is 11.6 Å². The number of pyridine rings is 1. The van der Waals surface area contributed by atoms with Crippen molar-refractivity contribution in [3.63, 3.8) is 0 Å². The molecule has 0 aliphatic rings. The molecule has 0 spiro atoms. The second-order valence-electron chi connectivity index (χ2n) is 4.06. The smallest absolute Gasteiger partial charge is 0.235 e. The highest BCUT2D eigenvalue weighted by Gasteiger charge is 2.12. The third-order valence-electron chi connectivity index (χ3n) is 2.94. The van der Waals surface area contributed by atoms with E-state index in [4.69, 9.17) is 21.1 Å². The Balaban J connectivity index is 2.51. The van der Waals surface area contributed by atoms with Crippen LogP contribution in [0.15, 0.2) is 24.4 Å². The van der Waals surface area contributed by atoms with Crippen LogP contribution in [0.2, 0.25) is 0 Å². The van der Waals surface area contributed by atoms with Gasteiger partial charge < -0.3 is 14.8 Å². The zero-order valence-corrected chi connectivity index (χ0v) is 12.0. The van der Waals surface area contributed by atoms with Crippen LogP contribution in [0.4, 0.5) is 0 Å². The van der Waals surface area contributed by atoms with Crippen molar-refractivity contribution in [1.29, 1.82) is 0 Å². The van der Waals surface area contributed by atoms with E-state index in [0.717, 1.165) is 16.5 Å². The Morgan fingerprint density at radius 3 is 2.60 bits per heavy atom. The zero-order chi connectivity index (χ0) is 14.5. The van der Waals surface area contributed by atoms with Gasteiger partial charge in [-0.3, -0.25) is 9.78 Å². The molecule has 2 aromatic rings. The minimum atomic E-state index is -0.243. The Bertz CT molecular complexity index is 631. The molecule has 0 aliphatic carbocycles. The predicted octanol–water partition coefficient (Wildman–Crippen LogP) is 2.11. The summed E-state index contributed by atoms with van der Waals surface area (Å²) >= 11 is 5.47. The number of fused-ring (bicyclic) bond motifs is 1. The lowest BCUT2D eigenvalue weighted by Gasteiger charge is -2.13. The average molecular weight is 295 g/mol. The summed E-state index contributed by atoms with van der Waals surface area (Å²) in [6, 6.07) is 5.50. The topological polar surface area (TPSA) is 60.5 Å². The lowest BCUT2D eigenvalue weighted by atomic mass is 10.1. The maximum atomic E-state index is 11.3. The summed E-state index contributed by atoms with van der Waals surface area (Å²) in [4.78, 5) is 15.6. The molecule has 0 saturated heterocycles. The number of carbonyl (C=O) groups is 1. The zero-order valence-electron chi connectivity index (χ0n) is 11.3. The highest BCUT2D eigenvalue weighted by Crippen LogP contribution is 2.34. The first-order valence-corrected chi connectivity index (χ1v) is 6.56. The van der Waals surface area contributed by atoms with E-state index in [1.54, 1.807) is 20.4 Å². The van der Waals surface area contributed by atoms with Gasteiger partial charge in [-0.1, -0.05) is 0 Å². The summed E-state index contributed by atoms with van der Waals surface area (Å²) in [6.45, 7) is 0.284. The Kier molecular flexibility index (Phi) is 4.63. The number of carbonyl (C=O) groups excluding carboxylic acids is 1. The maximum absolute atomic E-state index is 11.3. The molecule has 1 aromatic heterocycles. The van der Waals surface area contributed by atoms with Crippen LogP contribution < -0.4 is 14.8 Å². The first-order valence-electron chi connectivity index (χ1n) is 6.02. The van der Waals surface area contributed by atoms with Gasteiger partial charge in [0, 0.05) is 11.6 Å². The van der Waals surface area contributed by atoms with Gasteiger partial charge >= 0.3 is 0 Å². The Labute approximate surface area is 121 Å². The number of nitrogens with zero attached hydrogens (tertiary/aromatic N) is 1. The normalized spacial score (nSPS) is 10.3. The summed E-state index contributed by atoms with van der Waals surface area (Å²) in [5, 5.41) is 4.41. The van der Waals surface area contributed by atoms with Crippen molar-refractivity contribution >= 4 is 28.3 Å². The number of halogens is 1. The molecule has 0 bridgehead atoms. The molecule has 5 nitrogen and oxygen atoms in total. The van der Waals surface area contributed by atoms with E-state index in [-0.39, 0.29) is 18.3 Å². The van der Waals surface area contributed by atoms with Crippen LogP contribution in [-0.2, 0) is 11.3 Å². The fourth-order valence-corrected chi connectivity index (χ4v) is 2.12. The summed E-state index contributed by atoms with van der Waals surface area (Å²) in [5.74, 6) is 1.09. The van der Waals surface area contributed by atoms with Crippen LogP contribution in [0.1, 0.15) is 5.69 Å². The monoisotopic (exact) mass is 294 g/mol. The fourth-order valence-electron chi connectivity index (χ4n) is 2.02. The Hall–Kier alpha value is -2.01. The Morgan fingerprint density at radius 1 is 1.25 bits per heavy atom. The molecule has 0 atom stereocenters. The molecule has 1 N–H and O–H groups in total. The van der Waals surface area contributed by atoms with E-state index in [0.29, 0.717) is 11.4 Å². The molecular formula is C14H15ClN2O3. The van der Waals surface area contributed by atoms with Gasteiger partial charge in [0.1, 0.15) is 17.4 Å². The van der Waals surface area contributed by atoms with Crippen LogP contribution in [0.3, 0.4) is 0 Å². The number of methoxy groups -OCH3 is 2. The number of nitrogens with one attached hydrogen (secondary N) is 1. The van der Waals surface area contributed by atoms with Crippen molar-refractivity contribution < 1.29 is 14.3 Å². The van der Waals surface area contributed by atoms with Gasteiger partial charge in [-0.15, -0.1) is 11.6 Å². The van der Waals surface area contributed by atoms with Gasteiger partial charge in [0.2, 0.25) is 5.91 Å². The molecule has 0 aliphatic heterocycles. The number of amides is 1. The average Bonchev–Trinajstić information content (AvgIpc) is 2.51. The molecule has 6 heteroatoms. The van der Waals surface area contributed by atoms with Gasteiger partial charge in [-0.05, 0) is 18.2 Å². The van der Waals surface area contributed by atoms with Gasteiger partial charge in [-0.2, -0.15) is 0 Å². The van der Waals surface area contributed by atoms with Crippen molar-refractivity contribution in [3.05, 3.63) is 30.1 Å².